The second kappa shape index (κ2) is 38.6. The number of phosphoric acid groups is 1. The summed E-state index contributed by atoms with van der Waals surface area (Å²) in [7, 11) is -4.76. The lowest BCUT2D eigenvalue weighted by molar-refractivity contribution is -0.161. The number of carbonyl (C=O) groups is 3. The van der Waals surface area contributed by atoms with Crippen LogP contribution in [0.1, 0.15) is 162 Å². The van der Waals surface area contributed by atoms with Crippen LogP contribution in [0.25, 0.3) is 0 Å². The third-order valence-corrected chi connectivity index (χ3v) is 9.83. The zero-order chi connectivity index (χ0) is 42.2. The predicted molar refractivity (Wildman–Crippen MR) is 227 cm³/mol. The normalized spacial score (nSPS) is 14.9. The molecule has 13 heteroatoms. The third-order valence-electron chi connectivity index (χ3n) is 8.88. The SMILES string of the molecule is CC/C=C\C/C=C\C/C=C\C/C=C\C=C\C(O)CCCC(=O)OC[C@H](COP(=O)(O)OC[C@H](N)C(=O)O)OC(=O)CCCCCCCCCCCCCCCCC. The summed E-state index contributed by atoms with van der Waals surface area (Å²) in [6.07, 6.45) is 40.3. The van der Waals surface area contributed by atoms with Crippen LogP contribution >= 0.6 is 7.82 Å². The van der Waals surface area contributed by atoms with Crippen molar-refractivity contribution in [3.05, 3.63) is 60.8 Å². The number of nitrogens with two attached hydrogens (primary N) is 1. The molecule has 0 saturated carbocycles. The van der Waals surface area contributed by atoms with Crippen molar-refractivity contribution in [1.29, 1.82) is 0 Å². The maximum absolute atomic E-state index is 12.6. The van der Waals surface area contributed by atoms with Crippen molar-refractivity contribution >= 4 is 25.7 Å². The first-order chi connectivity index (χ1) is 27.5. The Morgan fingerprint density at radius 1 is 0.632 bits per heavy atom. The molecule has 4 atom stereocenters. The van der Waals surface area contributed by atoms with E-state index >= 15 is 0 Å². The van der Waals surface area contributed by atoms with E-state index in [-0.39, 0.29) is 12.8 Å². The Kier molecular flexibility index (Phi) is 36.7. The standard InChI is InChI=1S/C44H76NO11P/c1-3-5-7-9-11-13-15-17-18-20-22-24-26-28-30-34-43(48)56-40(37-54-57(51,52)55-38-41(45)44(49)50)36-53-42(47)35-31-33-39(46)32-29-27-25-23-21-19-16-14-12-10-8-6-4-2/h6,8,12,14,19,21,25,27,29,32,39-41,46H,3-5,7,9-11,13,15-18,20,22-24,26,28,30-31,33-38,45H2,1-2H3,(H,49,50)(H,51,52)/b8-6-,14-12-,21-19-,27-25-,32-29+/t39?,40-,41+/m1/s1. The van der Waals surface area contributed by atoms with Crippen LogP contribution in [-0.4, -0.2) is 71.1 Å². The summed E-state index contributed by atoms with van der Waals surface area (Å²) in [5.41, 5.74) is 5.32. The van der Waals surface area contributed by atoms with Crippen molar-refractivity contribution in [3.63, 3.8) is 0 Å². The van der Waals surface area contributed by atoms with Crippen LogP contribution < -0.4 is 5.73 Å². The average Bonchev–Trinajstić information content (AvgIpc) is 3.18. The number of aliphatic carboxylic acids is 1. The molecule has 0 heterocycles. The van der Waals surface area contributed by atoms with Gasteiger partial charge in [0.05, 0.1) is 19.3 Å². The minimum Gasteiger partial charge on any atom is -0.480 e. The highest BCUT2D eigenvalue weighted by molar-refractivity contribution is 7.47. The fraction of sp³-hybridized carbons (Fsp3) is 0.705. The Balaban J connectivity index is 4.56. The molecule has 0 aromatic rings. The van der Waals surface area contributed by atoms with Crippen molar-refractivity contribution in [3.8, 4) is 0 Å². The molecule has 0 saturated heterocycles. The van der Waals surface area contributed by atoms with Gasteiger partial charge in [0.15, 0.2) is 6.10 Å². The number of carbonyl (C=O) groups excluding carboxylic acids is 2. The number of allylic oxidation sites excluding steroid dienone is 9. The molecule has 0 amide bonds. The summed E-state index contributed by atoms with van der Waals surface area (Å²) in [6, 6.07) is -1.55. The molecule has 0 rings (SSSR count). The lowest BCUT2D eigenvalue weighted by Crippen LogP contribution is -2.34. The van der Waals surface area contributed by atoms with Crippen molar-refractivity contribution in [2.75, 3.05) is 19.8 Å². The largest absolute Gasteiger partial charge is 0.480 e. The number of carboxylic acid groups (broad SMARTS) is 1. The van der Waals surface area contributed by atoms with Gasteiger partial charge in [-0.05, 0) is 44.9 Å². The number of aliphatic hydroxyl groups is 1. The average molecular weight is 826 g/mol. The molecule has 12 nitrogen and oxygen atoms in total. The monoisotopic (exact) mass is 826 g/mol. The molecular weight excluding hydrogens is 749 g/mol. The fourth-order valence-corrected chi connectivity index (χ4v) is 6.28. The summed E-state index contributed by atoms with van der Waals surface area (Å²) in [6.45, 7) is 2.48. The summed E-state index contributed by atoms with van der Waals surface area (Å²) < 4.78 is 32.5. The number of phosphoric ester groups is 1. The van der Waals surface area contributed by atoms with Crippen LogP contribution in [0.4, 0.5) is 0 Å². The first-order valence-electron chi connectivity index (χ1n) is 21.4. The minimum atomic E-state index is -4.76. The van der Waals surface area contributed by atoms with Crippen LogP contribution in [0.2, 0.25) is 0 Å². The van der Waals surface area contributed by atoms with E-state index in [0.717, 1.165) is 44.9 Å². The van der Waals surface area contributed by atoms with Gasteiger partial charge >= 0.3 is 25.7 Å². The van der Waals surface area contributed by atoms with Gasteiger partial charge in [-0.3, -0.25) is 23.4 Å². The molecular formula is C44H76NO11P. The van der Waals surface area contributed by atoms with Crippen molar-refractivity contribution in [1.82, 2.24) is 0 Å². The Morgan fingerprint density at radius 2 is 1.12 bits per heavy atom. The first-order valence-corrected chi connectivity index (χ1v) is 22.9. The van der Waals surface area contributed by atoms with Crippen LogP contribution in [0.3, 0.4) is 0 Å². The number of carboxylic acids is 1. The van der Waals surface area contributed by atoms with Crippen molar-refractivity contribution < 1.29 is 52.6 Å². The molecule has 0 aromatic carbocycles. The first kappa shape index (κ1) is 54.1. The van der Waals surface area contributed by atoms with Gasteiger partial charge in [-0.25, -0.2) is 4.57 Å². The van der Waals surface area contributed by atoms with E-state index in [9.17, 15) is 28.9 Å². The molecule has 0 aromatic heterocycles. The van der Waals surface area contributed by atoms with Gasteiger partial charge < -0.3 is 30.3 Å². The van der Waals surface area contributed by atoms with E-state index in [2.05, 4.69) is 54.8 Å². The van der Waals surface area contributed by atoms with Gasteiger partial charge in [-0.2, -0.15) is 0 Å². The highest BCUT2D eigenvalue weighted by Gasteiger charge is 2.28. The molecule has 2 unspecified atom stereocenters. The zero-order valence-electron chi connectivity index (χ0n) is 35.0. The highest BCUT2D eigenvalue weighted by atomic mass is 31.2. The van der Waals surface area contributed by atoms with E-state index in [1.54, 1.807) is 12.2 Å². The van der Waals surface area contributed by atoms with Crippen molar-refractivity contribution in [2.24, 2.45) is 5.73 Å². The van der Waals surface area contributed by atoms with Crippen molar-refractivity contribution in [2.45, 2.75) is 180 Å². The Morgan fingerprint density at radius 3 is 1.67 bits per heavy atom. The molecule has 0 fully saturated rings. The van der Waals surface area contributed by atoms with E-state index in [1.807, 2.05) is 12.2 Å². The van der Waals surface area contributed by atoms with Crippen LogP contribution in [-0.2, 0) is 37.5 Å². The minimum absolute atomic E-state index is 0.00972. The van der Waals surface area contributed by atoms with Gasteiger partial charge in [-0.15, -0.1) is 0 Å². The van der Waals surface area contributed by atoms with Gasteiger partial charge in [-0.1, -0.05) is 164 Å². The van der Waals surface area contributed by atoms with Crippen LogP contribution in [0.15, 0.2) is 60.8 Å². The third kappa shape index (κ3) is 38.4. The molecule has 328 valence electrons. The number of ether oxygens (including phenoxy) is 2. The van der Waals surface area contributed by atoms with E-state index in [4.69, 9.17) is 24.8 Å². The zero-order valence-corrected chi connectivity index (χ0v) is 35.9. The molecule has 5 N–H and O–H groups in total. The maximum Gasteiger partial charge on any atom is 0.472 e. The number of rotatable bonds is 39. The number of hydrogen-bond acceptors (Lipinski definition) is 10. The number of unbranched alkanes of at least 4 members (excludes halogenated alkanes) is 14. The molecule has 0 bridgehead atoms. The van der Waals surface area contributed by atoms with E-state index < -0.39 is 63.8 Å². The summed E-state index contributed by atoms with van der Waals surface area (Å²) in [5.74, 6) is -2.61. The second-order valence-corrected chi connectivity index (χ2v) is 15.8. The topological polar surface area (TPSA) is 192 Å². The highest BCUT2D eigenvalue weighted by Crippen LogP contribution is 2.43. The lowest BCUT2D eigenvalue weighted by atomic mass is 10.0. The number of aliphatic hydroxyl groups excluding tert-OH is 1. The van der Waals surface area contributed by atoms with Gasteiger partial charge in [0.2, 0.25) is 0 Å². The summed E-state index contributed by atoms with van der Waals surface area (Å²) in [5, 5.41) is 19.1. The quantitative estimate of drug-likeness (QED) is 0.0151. The molecule has 0 radical (unpaired) electrons. The van der Waals surface area contributed by atoms with E-state index in [0.29, 0.717) is 19.3 Å². The van der Waals surface area contributed by atoms with Gasteiger partial charge in [0.1, 0.15) is 12.6 Å². The fourth-order valence-electron chi connectivity index (χ4n) is 5.50. The maximum atomic E-state index is 12.6. The van der Waals surface area contributed by atoms with Crippen LogP contribution in [0.5, 0.6) is 0 Å². The Bertz CT molecular complexity index is 1220. The smallest absolute Gasteiger partial charge is 0.472 e. The van der Waals surface area contributed by atoms with Crippen LogP contribution in [0, 0.1) is 0 Å². The van der Waals surface area contributed by atoms with Gasteiger partial charge in [0, 0.05) is 12.8 Å². The Hall–Kier alpha value is -2.86. The number of esters is 2. The summed E-state index contributed by atoms with van der Waals surface area (Å²) >= 11 is 0. The predicted octanol–water partition coefficient (Wildman–Crippen LogP) is 10.1. The van der Waals surface area contributed by atoms with E-state index in [1.165, 1.54) is 70.6 Å². The second-order valence-electron chi connectivity index (χ2n) is 14.3. The molecule has 0 aliphatic rings. The molecule has 0 aliphatic carbocycles. The molecule has 57 heavy (non-hydrogen) atoms. The number of hydrogen-bond donors (Lipinski definition) is 4. The molecule has 0 spiro atoms. The Labute approximate surface area is 343 Å². The molecule has 0 aliphatic heterocycles. The summed E-state index contributed by atoms with van der Waals surface area (Å²) in [4.78, 5) is 45.9. The lowest BCUT2D eigenvalue weighted by Gasteiger charge is -2.20. The van der Waals surface area contributed by atoms with Gasteiger partial charge in [0.25, 0.3) is 0 Å².